The summed E-state index contributed by atoms with van der Waals surface area (Å²) in [6, 6.07) is 7.96. The van der Waals surface area contributed by atoms with E-state index in [4.69, 9.17) is 15.2 Å². The van der Waals surface area contributed by atoms with Gasteiger partial charge in [0.15, 0.2) is 5.17 Å². The van der Waals surface area contributed by atoms with Crippen molar-refractivity contribution in [3.05, 3.63) is 29.8 Å². The van der Waals surface area contributed by atoms with E-state index in [-0.39, 0.29) is 0 Å². The van der Waals surface area contributed by atoms with Gasteiger partial charge in [-0.3, -0.25) is 4.99 Å². The van der Waals surface area contributed by atoms with Crippen LogP contribution in [0.1, 0.15) is 5.56 Å². The van der Waals surface area contributed by atoms with Crippen molar-refractivity contribution >= 4 is 16.9 Å². The average molecular weight is 268 g/mol. The number of hydrogen-bond acceptors (Lipinski definition) is 4. The Morgan fingerprint density at radius 3 is 2.83 bits per heavy atom. The summed E-state index contributed by atoms with van der Waals surface area (Å²) in [5, 5.41) is 0.584. The second-order valence-electron chi connectivity index (χ2n) is 3.68. The minimum absolute atomic E-state index is 0.584. The highest BCUT2D eigenvalue weighted by molar-refractivity contribution is 8.13. The first-order valence-electron chi connectivity index (χ1n) is 5.84. The molecule has 1 aromatic carbocycles. The molecule has 0 aromatic heterocycles. The zero-order chi connectivity index (χ0) is 13.2. The molecule has 0 unspecified atom stereocenters. The van der Waals surface area contributed by atoms with E-state index in [0.29, 0.717) is 24.9 Å². The van der Waals surface area contributed by atoms with Crippen LogP contribution in [0.3, 0.4) is 0 Å². The molecule has 0 amide bonds. The lowest BCUT2D eigenvalue weighted by atomic mass is 10.2. The minimum Gasteiger partial charge on any atom is -0.492 e. The van der Waals surface area contributed by atoms with Crippen molar-refractivity contribution in [3.63, 3.8) is 0 Å². The van der Waals surface area contributed by atoms with Gasteiger partial charge in [0.05, 0.1) is 19.8 Å². The second kappa shape index (κ2) is 8.83. The maximum Gasteiger partial charge on any atom is 0.154 e. The van der Waals surface area contributed by atoms with Crippen LogP contribution in [0, 0.1) is 6.92 Å². The Hall–Kier alpha value is -1.20. The Labute approximate surface area is 113 Å². The number of hydrogen-bond donors (Lipinski definition) is 1. The van der Waals surface area contributed by atoms with Crippen LogP contribution in [0.5, 0.6) is 5.75 Å². The van der Waals surface area contributed by atoms with Gasteiger partial charge >= 0.3 is 0 Å². The van der Waals surface area contributed by atoms with Gasteiger partial charge in [0.25, 0.3) is 0 Å². The van der Waals surface area contributed by atoms with Gasteiger partial charge in [0, 0.05) is 12.9 Å². The van der Waals surface area contributed by atoms with Crippen LogP contribution < -0.4 is 10.5 Å². The molecular formula is C13H20N2O2S. The summed E-state index contributed by atoms with van der Waals surface area (Å²) in [6.07, 6.45) is 0. The highest BCUT2D eigenvalue weighted by atomic mass is 32.2. The summed E-state index contributed by atoms with van der Waals surface area (Å²) in [4.78, 5) is 4.15. The number of amidine groups is 1. The van der Waals surface area contributed by atoms with Gasteiger partial charge in [-0.1, -0.05) is 30.0 Å². The molecule has 0 bridgehead atoms. The van der Waals surface area contributed by atoms with Crippen LogP contribution in [0.2, 0.25) is 0 Å². The van der Waals surface area contributed by atoms with E-state index in [1.807, 2.05) is 31.2 Å². The van der Waals surface area contributed by atoms with Gasteiger partial charge in [0.2, 0.25) is 0 Å². The molecule has 1 rings (SSSR count). The molecule has 0 saturated heterocycles. The van der Waals surface area contributed by atoms with Crippen molar-refractivity contribution in [3.8, 4) is 5.75 Å². The van der Waals surface area contributed by atoms with Crippen LogP contribution in [-0.2, 0) is 4.74 Å². The number of ether oxygens (including phenoxy) is 2. The van der Waals surface area contributed by atoms with Crippen LogP contribution >= 0.6 is 11.8 Å². The first kappa shape index (κ1) is 14.9. The normalized spacial score (nSPS) is 11.6. The first-order chi connectivity index (χ1) is 8.74. The zero-order valence-electron chi connectivity index (χ0n) is 10.9. The molecule has 100 valence electrons. The minimum atomic E-state index is 0.584. The lowest BCUT2D eigenvalue weighted by molar-refractivity contribution is 0.208. The molecule has 0 radical (unpaired) electrons. The van der Waals surface area contributed by atoms with Gasteiger partial charge in [0.1, 0.15) is 5.75 Å². The van der Waals surface area contributed by atoms with E-state index in [9.17, 15) is 0 Å². The molecule has 0 saturated carbocycles. The third-order valence-electron chi connectivity index (χ3n) is 2.25. The van der Waals surface area contributed by atoms with Gasteiger partial charge in [-0.2, -0.15) is 0 Å². The third kappa shape index (κ3) is 5.93. The maximum absolute atomic E-state index is 5.73. The van der Waals surface area contributed by atoms with Crippen molar-refractivity contribution < 1.29 is 9.47 Å². The van der Waals surface area contributed by atoms with Crippen molar-refractivity contribution in [2.45, 2.75) is 6.92 Å². The summed E-state index contributed by atoms with van der Waals surface area (Å²) >= 11 is 1.50. The molecule has 4 nitrogen and oxygen atoms in total. The summed E-state index contributed by atoms with van der Waals surface area (Å²) in [5.41, 5.74) is 6.87. The summed E-state index contributed by atoms with van der Waals surface area (Å²) in [6.45, 7) is 3.86. The summed E-state index contributed by atoms with van der Waals surface area (Å²) in [7, 11) is 1.65. The number of benzene rings is 1. The smallest absolute Gasteiger partial charge is 0.154 e. The fourth-order valence-electron chi connectivity index (χ4n) is 1.31. The SMILES string of the molecule is COCCN=C(N)SCCOc1ccccc1C. The van der Waals surface area contributed by atoms with Crippen LogP contribution in [-0.4, -0.2) is 37.8 Å². The topological polar surface area (TPSA) is 56.8 Å². The number of aliphatic imine (C=N–C) groups is 1. The molecule has 0 heterocycles. The molecule has 0 aliphatic heterocycles. The van der Waals surface area contributed by atoms with Crippen molar-refractivity contribution in [2.24, 2.45) is 10.7 Å². The number of nitrogens with two attached hydrogens (primary N) is 1. The Bertz CT molecular complexity index is 383. The average Bonchev–Trinajstić information content (AvgIpc) is 2.37. The number of methoxy groups -OCH3 is 1. The monoisotopic (exact) mass is 268 g/mol. The maximum atomic E-state index is 5.73. The Balaban J connectivity index is 2.19. The Morgan fingerprint density at radius 1 is 1.33 bits per heavy atom. The third-order valence-corrected chi connectivity index (χ3v) is 3.04. The van der Waals surface area contributed by atoms with E-state index >= 15 is 0 Å². The van der Waals surface area contributed by atoms with Gasteiger partial charge in [-0.05, 0) is 18.6 Å². The van der Waals surface area contributed by atoms with E-state index in [1.165, 1.54) is 11.8 Å². The van der Waals surface area contributed by atoms with Gasteiger partial charge in [-0.15, -0.1) is 0 Å². The van der Waals surface area contributed by atoms with E-state index < -0.39 is 0 Å². The highest BCUT2D eigenvalue weighted by Gasteiger charge is 1.98. The number of thioether (sulfide) groups is 1. The molecule has 0 aliphatic rings. The standard InChI is InChI=1S/C13H20N2O2S/c1-11-5-3-4-6-12(11)17-9-10-18-13(14)15-7-8-16-2/h3-6H,7-10H2,1-2H3,(H2,14,15). The lowest BCUT2D eigenvalue weighted by Gasteiger charge is -2.08. The van der Waals surface area contributed by atoms with Crippen LogP contribution in [0.15, 0.2) is 29.3 Å². The largest absolute Gasteiger partial charge is 0.492 e. The summed E-state index contributed by atoms with van der Waals surface area (Å²) in [5.74, 6) is 1.71. The first-order valence-corrected chi connectivity index (χ1v) is 6.82. The van der Waals surface area contributed by atoms with Gasteiger partial charge in [-0.25, -0.2) is 0 Å². The van der Waals surface area contributed by atoms with E-state index in [0.717, 1.165) is 17.1 Å². The lowest BCUT2D eigenvalue weighted by Crippen LogP contribution is -2.12. The van der Waals surface area contributed by atoms with Crippen LogP contribution in [0.25, 0.3) is 0 Å². The predicted molar refractivity (Wildman–Crippen MR) is 77.5 cm³/mol. The van der Waals surface area contributed by atoms with Crippen molar-refractivity contribution in [1.29, 1.82) is 0 Å². The number of para-hydroxylation sites is 1. The van der Waals surface area contributed by atoms with E-state index in [2.05, 4.69) is 4.99 Å². The van der Waals surface area contributed by atoms with Gasteiger partial charge < -0.3 is 15.2 Å². The molecule has 0 atom stereocenters. The molecule has 5 heteroatoms. The number of aryl methyl sites for hydroxylation is 1. The highest BCUT2D eigenvalue weighted by Crippen LogP contribution is 2.16. The Kier molecular flexibility index (Phi) is 7.29. The molecule has 2 N–H and O–H groups in total. The van der Waals surface area contributed by atoms with Crippen LogP contribution in [0.4, 0.5) is 0 Å². The quantitative estimate of drug-likeness (QED) is 0.467. The number of nitrogens with zero attached hydrogens (tertiary/aromatic N) is 1. The molecule has 0 aliphatic carbocycles. The molecule has 1 aromatic rings. The molecule has 0 fully saturated rings. The Morgan fingerprint density at radius 2 is 2.11 bits per heavy atom. The van der Waals surface area contributed by atoms with Crippen molar-refractivity contribution in [1.82, 2.24) is 0 Å². The fraction of sp³-hybridized carbons (Fsp3) is 0.462. The van der Waals surface area contributed by atoms with E-state index in [1.54, 1.807) is 7.11 Å². The molecular weight excluding hydrogens is 248 g/mol. The van der Waals surface area contributed by atoms with Crippen molar-refractivity contribution in [2.75, 3.05) is 32.6 Å². The molecule has 0 spiro atoms. The zero-order valence-corrected chi connectivity index (χ0v) is 11.7. The summed E-state index contributed by atoms with van der Waals surface area (Å²) < 4.78 is 10.5. The fourth-order valence-corrected chi connectivity index (χ4v) is 1.87. The number of rotatable bonds is 7. The predicted octanol–water partition coefficient (Wildman–Crippen LogP) is 2.07. The molecule has 18 heavy (non-hydrogen) atoms. The second-order valence-corrected chi connectivity index (χ2v) is 4.79.